The van der Waals surface area contributed by atoms with E-state index in [1.807, 2.05) is 0 Å². The second-order valence-corrected chi connectivity index (χ2v) is 8.16. The molecular weight excluding hydrogens is 320 g/mol. The van der Waals surface area contributed by atoms with Gasteiger partial charge in [0, 0.05) is 6.54 Å². The average molecular weight is 367 g/mol. The van der Waals surface area contributed by atoms with Crippen LogP contribution in [-0.2, 0) is 0 Å². The molecule has 0 radical (unpaired) electrons. The predicted molar refractivity (Wildman–Crippen MR) is 115 cm³/mol. The molecule has 0 aromatic carbocycles. The Morgan fingerprint density at radius 3 is 1.54 bits per heavy atom. The molecule has 0 aromatic rings. The van der Waals surface area contributed by atoms with Crippen LogP contribution in [0.1, 0.15) is 122 Å². The fourth-order valence-electron chi connectivity index (χ4n) is 3.84. The van der Waals surface area contributed by atoms with Gasteiger partial charge in [-0.15, -0.1) is 0 Å². The zero-order valence-electron chi connectivity index (χ0n) is 17.6. The number of aliphatic hydroxyl groups is 1. The van der Waals surface area contributed by atoms with Crippen molar-refractivity contribution in [1.29, 1.82) is 0 Å². The Bertz CT molecular complexity index is 330. The molecular formula is C23H46N2O. The van der Waals surface area contributed by atoms with E-state index in [-0.39, 0.29) is 6.10 Å². The number of aliphatic hydroxyl groups excluding tert-OH is 1. The summed E-state index contributed by atoms with van der Waals surface area (Å²) in [6.45, 7) is 4.01. The Morgan fingerprint density at radius 2 is 1.15 bits per heavy atom. The van der Waals surface area contributed by atoms with Gasteiger partial charge >= 0.3 is 0 Å². The minimum atomic E-state index is -0.353. The summed E-state index contributed by atoms with van der Waals surface area (Å²) >= 11 is 0. The first-order valence-electron chi connectivity index (χ1n) is 11.8. The third-order valence-corrected chi connectivity index (χ3v) is 5.60. The van der Waals surface area contributed by atoms with Crippen LogP contribution in [0, 0.1) is 0 Å². The van der Waals surface area contributed by atoms with E-state index in [2.05, 4.69) is 17.2 Å². The SMILES string of the molecule is CCCCCCCCCCCCCCCCCCCC(O)C1=NCCN1. The van der Waals surface area contributed by atoms with E-state index < -0.39 is 0 Å². The predicted octanol–water partition coefficient (Wildman–Crippen LogP) is 6.39. The lowest BCUT2D eigenvalue weighted by atomic mass is 10.0. The lowest BCUT2D eigenvalue weighted by Gasteiger charge is -2.10. The van der Waals surface area contributed by atoms with Crippen LogP contribution in [0.25, 0.3) is 0 Å². The van der Waals surface area contributed by atoms with E-state index in [4.69, 9.17) is 0 Å². The fraction of sp³-hybridized carbons (Fsp3) is 0.957. The number of nitrogens with zero attached hydrogens (tertiary/aromatic N) is 1. The zero-order valence-corrected chi connectivity index (χ0v) is 17.6. The van der Waals surface area contributed by atoms with Crippen molar-refractivity contribution in [3.8, 4) is 0 Å². The van der Waals surface area contributed by atoms with Crippen molar-refractivity contribution in [1.82, 2.24) is 5.32 Å². The second-order valence-electron chi connectivity index (χ2n) is 8.16. The van der Waals surface area contributed by atoms with Gasteiger partial charge in [-0.05, 0) is 6.42 Å². The van der Waals surface area contributed by atoms with Crippen LogP contribution < -0.4 is 5.32 Å². The molecule has 0 saturated carbocycles. The molecule has 1 unspecified atom stereocenters. The van der Waals surface area contributed by atoms with Gasteiger partial charge in [-0.25, -0.2) is 0 Å². The van der Waals surface area contributed by atoms with E-state index in [0.29, 0.717) is 0 Å². The second kappa shape index (κ2) is 17.8. The molecule has 1 rings (SSSR count). The lowest BCUT2D eigenvalue weighted by molar-refractivity contribution is 0.223. The van der Waals surface area contributed by atoms with Crippen LogP contribution in [0.15, 0.2) is 4.99 Å². The van der Waals surface area contributed by atoms with Crippen LogP contribution in [0.2, 0.25) is 0 Å². The first kappa shape index (κ1) is 23.5. The molecule has 1 heterocycles. The molecule has 0 amide bonds. The first-order valence-corrected chi connectivity index (χ1v) is 11.8. The molecule has 1 atom stereocenters. The first-order chi connectivity index (χ1) is 12.8. The van der Waals surface area contributed by atoms with Crippen LogP contribution in [0.4, 0.5) is 0 Å². The molecule has 26 heavy (non-hydrogen) atoms. The van der Waals surface area contributed by atoms with Crippen molar-refractivity contribution in [3.63, 3.8) is 0 Å². The molecule has 3 nitrogen and oxygen atoms in total. The quantitative estimate of drug-likeness (QED) is 0.260. The van der Waals surface area contributed by atoms with E-state index in [1.54, 1.807) is 0 Å². The van der Waals surface area contributed by atoms with Gasteiger partial charge < -0.3 is 10.4 Å². The summed E-state index contributed by atoms with van der Waals surface area (Å²) in [5, 5.41) is 13.1. The minimum absolute atomic E-state index is 0.353. The summed E-state index contributed by atoms with van der Waals surface area (Å²) in [7, 11) is 0. The zero-order chi connectivity index (χ0) is 18.7. The topological polar surface area (TPSA) is 44.6 Å². The highest BCUT2D eigenvalue weighted by Gasteiger charge is 2.14. The highest BCUT2D eigenvalue weighted by atomic mass is 16.3. The van der Waals surface area contributed by atoms with Crippen LogP contribution in [0.3, 0.4) is 0 Å². The van der Waals surface area contributed by atoms with Gasteiger partial charge in [0.2, 0.25) is 0 Å². The molecule has 0 aromatic heterocycles. The summed E-state index contributed by atoms with van der Waals surface area (Å²) in [6.07, 6.45) is 24.2. The van der Waals surface area contributed by atoms with Gasteiger partial charge in [0.25, 0.3) is 0 Å². The Morgan fingerprint density at radius 1 is 0.731 bits per heavy atom. The van der Waals surface area contributed by atoms with Crippen molar-refractivity contribution in [2.45, 2.75) is 129 Å². The summed E-state index contributed by atoms with van der Waals surface area (Å²) in [6, 6.07) is 0. The number of hydrogen-bond donors (Lipinski definition) is 2. The molecule has 2 N–H and O–H groups in total. The maximum atomic E-state index is 9.98. The third kappa shape index (κ3) is 13.6. The maximum Gasteiger partial charge on any atom is 0.126 e. The van der Waals surface area contributed by atoms with Crippen LogP contribution >= 0.6 is 0 Å². The van der Waals surface area contributed by atoms with E-state index >= 15 is 0 Å². The number of unbranched alkanes of at least 4 members (excludes halogenated alkanes) is 16. The molecule has 0 saturated heterocycles. The number of aliphatic imine (C=N–C) groups is 1. The van der Waals surface area contributed by atoms with Gasteiger partial charge in [0.05, 0.1) is 6.54 Å². The standard InChI is InChI=1S/C23H46N2O/c1-2-3-4-5-6-7-8-9-10-11-12-13-14-15-16-17-18-19-22(26)23-24-20-21-25-23/h22,26H,2-21H2,1H3,(H,24,25). The highest BCUT2D eigenvalue weighted by Crippen LogP contribution is 2.14. The highest BCUT2D eigenvalue weighted by molar-refractivity contribution is 5.87. The Balaban J connectivity index is 1.69. The largest absolute Gasteiger partial charge is 0.385 e. The van der Waals surface area contributed by atoms with Crippen molar-refractivity contribution >= 4 is 5.84 Å². The maximum absolute atomic E-state index is 9.98. The van der Waals surface area contributed by atoms with Gasteiger partial charge in [-0.1, -0.05) is 116 Å². The molecule has 154 valence electrons. The Labute approximate surface area is 163 Å². The van der Waals surface area contributed by atoms with Crippen molar-refractivity contribution in [2.24, 2.45) is 4.99 Å². The Hall–Kier alpha value is -0.570. The smallest absolute Gasteiger partial charge is 0.126 e. The molecule has 1 aliphatic heterocycles. The summed E-state index contributed by atoms with van der Waals surface area (Å²) < 4.78 is 0. The van der Waals surface area contributed by atoms with E-state index in [1.165, 1.54) is 103 Å². The lowest BCUT2D eigenvalue weighted by Crippen LogP contribution is -2.31. The molecule has 3 heteroatoms. The van der Waals surface area contributed by atoms with Crippen molar-refractivity contribution in [3.05, 3.63) is 0 Å². The van der Waals surface area contributed by atoms with Crippen LogP contribution in [0.5, 0.6) is 0 Å². The van der Waals surface area contributed by atoms with Gasteiger partial charge in [-0.2, -0.15) is 0 Å². The molecule has 0 aliphatic carbocycles. The van der Waals surface area contributed by atoms with E-state index in [9.17, 15) is 5.11 Å². The minimum Gasteiger partial charge on any atom is -0.385 e. The summed E-state index contributed by atoms with van der Waals surface area (Å²) in [5.41, 5.74) is 0. The van der Waals surface area contributed by atoms with Gasteiger partial charge in [-0.3, -0.25) is 4.99 Å². The van der Waals surface area contributed by atoms with Crippen molar-refractivity contribution < 1.29 is 5.11 Å². The Kier molecular flexibility index (Phi) is 16.1. The average Bonchev–Trinajstić information content (AvgIpc) is 3.19. The summed E-state index contributed by atoms with van der Waals surface area (Å²) in [4.78, 5) is 4.29. The molecule has 0 bridgehead atoms. The third-order valence-electron chi connectivity index (χ3n) is 5.60. The summed E-state index contributed by atoms with van der Waals surface area (Å²) in [5.74, 6) is 0.821. The molecule has 0 spiro atoms. The van der Waals surface area contributed by atoms with E-state index in [0.717, 1.165) is 31.8 Å². The molecule has 1 aliphatic rings. The fourth-order valence-corrected chi connectivity index (χ4v) is 3.84. The number of rotatable bonds is 19. The molecule has 0 fully saturated rings. The number of nitrogens with one attached hydrogen (secondary N) is 1. The van der Waals surface area contributed by atoms with Crippen molar-refractivity contribution in [2.75, 3.05) is 13.1 Å². The normalized spacial score (nSPS) is 15.1. The monoisotopic (exact) mass is 366 g/mol. The van der Waals surface area contributed by atoms with Gasteiger partial charge in [0.1, 0.15) is 11.9 Å². The number of hydrogen-bond acceptors (Lipinski definition) is 3. The number of amidine groups is 1. The van der Waals surface area contributed by atoms with Gasteiger partial charge in [0.15, 0.2) is 0 Å². The van der Waals surface area contributed by atoms with Crippen LogP contribution in [-0.4, -0.2) is 30.1 Å².